The van der Waals surface area contributed by atoms with Crippen LogP contribution in [-0.4, -0.2) is 37.2 Å². The zero-order chi connectivity index (χ0) is 14.1. The van der Waals surface area contributed by atoms with Gasteiger partial charge in [-0.25, -0.2) is 4.98 Å². The summed E-state index contributed by atoms with van der Waals surface area (Å²) in [5, 5.41) is 6.67. The second-order valence-corrected chi connectivity index (χ2v) is 5.33. The maximum Gasteiger partial charge on any atom is 0.223 e. The van der Waals surface area contributed by atoms with Crippen molar-refractivity contribution in [3.8, 4) is 11.6 Å². The summed E-state index contributed by atoms with van der Waals surface area (Å²) in [5.41, 5.74) is 0.890. The Bertz CT molecular complexity index is 538. The van der Waals surface area contributed by atoms with Crippen LogP contribution in [0, 0.1) is 0 Å². The molecule has 0 radical (unpaired) electrons. The van der Waals surface area contributed by atoms with E-state index in [1.165, 1.54) is 0 Å². The van der Waals surface area contributed by atoms with Crippen molar-refractivity contribution < 1.29 is 14.3 Å². The predicted molar refractivity (Wildman–Crippen MR) is 73.2 cm³/mol. The Kier molecular flexibility index (Phi) is 3.67. The van der Waals surface area contributed by atoms with Crippen molar-refractivity contribution in [1.82, 2.24) is 15.6 Å². The van der Waals surface area contributed by atoms with Gasteiger partial charge >= 0.3 is 0 Å². The zero-order valence-corrected chi connectivity index (χ0v) is 11.9. The number of carbonyl (C=O) groups excluding carboxylic acids is 1. The van der Waals surface area contributed by atoms with Crippen LogP contribution >= 0.6 is 11.6 Å². The fourth-order valence-electron chi connectivity index (χ4n) is 2.61. The van der Waals surface area contributed by atoms with E-state index in [1.54, 1.807) is 13.2 Å². The first kappa shape index (κ1) is 13.5. The van der Waals surface area contributed by atoms with Gasteiger partial charge in [0.2, 0.25) is 11.8 Å². The number of halogens is 1. The molecule has 1 aromatic heterocycles. The number of carbonyl (C=O) groups is 1. The average Bonchev–Trinajstić information content (AvgIpc) is 3.01. The first-order chi connectivity index (χ1) is 9.67. The summed E-state index contributed by atoms with van der Waals surface area (Å²) < 4.78 is 10.9. The van der Waals surface area contributed by atoms with Gasteiger partial charge in [0.15, 0.2) is 0 Å². The Balaban J connectivity index is 1.71. The number of fused-ring (bicyclic) bond motifs is 1. The summed E-state index contributed by atoms with van der Waals surface area (Å²) >= 11 is 5.91. The fraction of sp³-hybridized carbons (Fsp3) is 0.538. The van der Waals surface area contributed by atoms with Crippen LogP contribution in [0.15, 0.2) is 6.07 Å². The molecule has 3 rings (SSSR count). The predicted octanol–water partition coefficient (Wildman–Crippen LogP) is 1.05. The van der Waals surface area contributed by atoms with Crippen molar-refractivity contribution in [3.63, 3.8) is 0 Å². The number of methoxy groups -OCH3 is 1. The van der Waals surface area contributed by atoms with E-state index in [9.17, 15) is 4.79 Å². The lowest BCUT2D eigenvalue weighted by molar-refractivity contribution is -0.119. The molecule has 0 aromatic carbocycles. The number of pyridine rings is 1. The Labute approximate surface area is 121 Å². The second kappa shape index (κ2) is 5.46. The number of nitrogens with zero attached hydrogens (tertiary/aromatic N) is 1. The van der Waals surface area contributed by atoms with Gasteiger partial charge in [0, 0.05) is 25.1 Å². The van der Waals surface area contributed by atoms with E-state index >= 15 is 0 Å². The van der Waals surface area contributed by atoms with Crippen LogP contribution < -0.4 is 20.1 Å². The lowest BCUT2D eigenvalue weighted by Crippen LogP contribution is -2.37. The van der Waals surface area contributed by atoms with Crippen LogP contribution in [0.5, 0.6) is 11.6 Å². The highest BCUT2D eigenvalue weighted by molar-refractivity contribution is 6.29. The minimum atomic E-state index is 0.00205. The van der Waals surface area contributed by atoms with Crippen LogP contribution in [0.1, 0.15) is 24.4 Å². The fourth-order valence-corrected chi connectivity index (χ4v) is 2.78. The smallest absolute Gasteiger partial charge is 0.223 e. The SMILES string of the molecule is COc1nc(Cl)cc2c1[C@H](NC[C@@H]1CCC(=O)N1)CO2. The molecule has 2 atom stereocenters. The van der Waals surface area contributed by atoms with Crippen LogP contribution in [0.25, 0.3) is 0 Å². The molecule has 3 heterocycles. The summed E-state index contributed by atoms with van der Waals surface area (Å²) in [6.07, 6.45) is 1.47. The lowest BCUT2D eigenvalue weighted by Gasteiger charge is -2.16. The van der Waals surface area contributed by atoms with Gasteiger partial charge in [-0.1, -0.05) is 11.6 Å². The Morgan fingerprint density at radius 3 is 3.20 bits per heavy atom. The topological polar surface area (TPSA) is 72.5 Å². The minimum absolute atomic E-state index is 0.00205. The zero-order valence-electron chi connectivity index (χ0n) is 11.1. The molecular weight excluding hydrogens is 282 g/mol. The summed E-state index contributed by atoms with van der Waals surface area (Å²) in [7, 11) is 1.56. The number of nitrogens with one attached hydrogen (secondary N) is 2. The second-order valence-electron chi connectivity index (χ2n) is 4.94. The summed E-state index contributed by atoms with van der Waals surface area (Å²) in [6, 6.07) is 1.87. The number of ether oxygens (including phenoxy) is 2. The van der Waals surface area contributed by atoms with E-state index in [0.29, 0.717) is 36.4 Å². The lowest BCUT2D eigenvalue weighted by atomic mass is 10.1. The van der Waals surface area contributed by atoms with Crippen LogP contribution in [0.4, 0.5) is 0 Å². The van der Waals surface area contributed by atoms with Crippen molar-refractivity contribution >= 4 is 17.5 Å². The molecule has 0 unspecified atom stereocenters. The van der Waals surface area contributed by atoms with Crippen LogP contribution in [-0.2, 0) is 4.79 Å². The third-order valence-electron chi connectivity index (χ3n) is 3.60. The molecule has 0 spiro atoms. The Hall–Kier alpha value is -1.53. The third kappa shape index (κ3) is 2.53. The van der Waals surface area contributed by atoms with Gasteiger partial charge in [0.05, 0.1) is 18.7 Å². The summed E-state index contributed by atoms with van der Waals surface area (Å²) in [5.74, 6) is 1.30. The number of rotatable bonds is 4. The molecule has 0 saturated carbocycles. The van der Waals surface area contributed by atoms with Crippen LogP contribution in [0.2, 0.25) is 5.15 Å². The largest absolute Gasteiger partial charge is 0.491 e. The number of aromatic nitrogens is 1. The van der Waals surface area contributed by atoms with Crippen molar-refractivity contribution in [2.75, 3.05) is 20.3 Å². The first-order valence-corrected chi connectivity index (χ1v) is 6.95. The molecule has 0 aliphatic carbocycles. The van der Waals surface area contributed by atoms with Gasteiger partial charge in [-0.2, -0.15) is 0 Å². The molecule has 2 aliphatic heterocycles. The van der Waals surface area contributed by atoms with Gasteiger partial charge in [0.25, 0.3) is 0 Å². The molecule has 7 heteroatoms. The Morgan fingerprint density at radius 1 is 1.65 bits per heavy atom. The van der Waals surface area contributed by atoms with Crippen molar-refractivity contribution in [1.29, 1.82) is 0 Å². The summed E-state index contributed by atoms with van der Waals surface area (Å²) in [6.45, 7) is 1.21. The molecule has 20 heavy (non-hydrogen) atoms. The van der Waals surface area contributed by atoms with Gasteiger partial charge in [-0.15, -0.1) is 0 Å². The Morgan fingerprint density at radius 2 is 2.50 bits per heavy atom. The maximum absolute atomic E-state index is 11.2. The van der Waals surface area contributed by atoms with E-state index in [-0.39, 0.29) is 18.0 Å². The highest BCUT2D eigenvalue weighted by Crippen LogP contribution is 2.39. The van der Waals surface area contributed by atoms with Crippen molar-refractivity contribution in [2.24, 2.45) is 0 Å². The molecule has 6 nitrogen and oxygen atoms in total. The van der Waals surface area contributed by atoms with Gasteiger partial charge in [0.1, 0.15) is 17.5 Å². The molecule has 2 N–H and O–H groups in total. The highest BCUT2D eigenvalue weighted by Gasteiger charge is 2.31. The first-order valence-electron chi connectivity index (χ1n) is 6.57. The molecular formula is C13H16ClN3O3. The van der Waals surface area contributed by atoms with E-state index in [0.717, 1.165) is 12.0 Å². The monoisotopic (exact) mass is 297 g/mol. The molecule has 108 valence electrons. The molecule has 1 fully saturated rings. The maximum atomic E-state index is 11.2. The standard InChI is InChI=1S/C13H16ClN3O3/c1-19-13-12-8(6-20-9(12)4-10(14)17-13)15-5-7-2-3-11(18)16-7/h4,7-8,15H,2-3,5-6H2,1H3,(H,16,18)/t7-,8+/m0/s1. The normalized spacial score (nSPS) is 24.2. The number of hydrogen-bond acceptors (Lipinski definition) is 5. The van der Waals surface area contributed by atoms with E-state index in [2.05, 4.69) is 15.6 Å². The molecule has 0 bridgehead atoms. The molecule has 1 aromatic rings. The van der Waals surface area contributed by atoms with Crippen LogP contribution in [0.3, 0.4) is 0 Å². The molecule has 1 amide bonds. The van der Waals surface area contributed by atoms with E-state index in [1.807, 2.05) is 0 Å². The summed E-state index contributed by atoms with van der Waals surface area (Å²) in [4.78, 5) is 15.3. The van der Waals surface area contributed by atoms with E-state index < -0.39 is 0 Å². The van der Waals surface area contributed by atoms with Crippen molar-refractivity contribution in [3.05, 3.63) is 16.8 Å². The van der Waals surface area contributed by atoms with Gasteiger partial charge < -0.3 is 20.1 Å². The van der Waals surface area contributed by atoms with Gasteiger partial charge in [-0.3, -0.25) is 4.79 Å². The van der Waals surface area contributed by atoms with E-state index in [4.69, 9.17) is 21.1 Å². The quantitative estimate of drug-likeness (QED) is 0.813. The average molecular weight is 298 g/mol. The third-order valence-corrected chi connectivity index (χ3v) is 3.79. The molecule has 2 aliphatic rings. The number of amides is 1. The number of hydrogen-bond donors (Lipinski definition) is 2. The highest BCUT2D eigenvalue weighted by atomic mass is 35.5. The minimum Gasteiger partial charge on any atom is -0.491 e. The van der Waals surface area contributed by atoms with Gasteiger partial charge in [-0.05, 0) is 6.42 Å². The molecule has 1 saturated heterocycles. The van der Waals surface area contributed by atoms with Crippen molar-refractivity contribution in [2.45, 2.75) is 24.9 Å².